The summed E-state index contributed by atoms with van der Waals surface area (Å²) in [4.78, 5) is 14.5. The number of ketones is 1. The molecule has 104 valence electrons. The van der Waals surface area contributed by atoms with Crippen LogP contribution in [-0.2, 0) is 0 Å². The maximum atomic E-state index is 12.2. The van der Waals surface area contributed by atoms with Crippen LogP contribution in [0.5, 0.6) is 5.75 Å². The first-order valence-corrected chi connectivity index (χ1v) is 7.12. The highest BCUT2D eigenvalue weighted by Crippen LogP contribution is 2.29. The maximum absolute atomic E-state index is 12.2. The molecule has 0 bridgehead atoms. The minimum absolute atomic E-state index is 0.205. The highest BCUT2D eigenvalue weighted by Gasteiger charge is 2.25. The van der Waals surface area contributed by atoms with Gasteiger partial charge < -0.3 is 4.74 Å². The van der Waals surface area contributed by atoms with Gasteiger partial charge in [0.05, 0.1) is 13.7 Å². The monoisotopic (exact) mass is 261 g/mol. The van der Waals surface area contributed by atoms with Gasteiger partial charge in [-0.25, -0.2) is 0 Å². The smallest absolute Gasteiger partial charge is 0.176 e. The molecule has 1 aliphatic carbocycles. The first kappa shape index (κ1) is 14.1. The van der Waals surface area contributed by atoms with Crippen molar-refractivity contribution in [2.24, 2.45) is 5.92 Å². The highest BCUT2D eigenvalue weighted by atomic mass is 16.5. The molecule has 1 saturated carbocycles. The molecule has 1 aromatic carbocycles. The van der Waals surface area contributed by atoms with Crippen molar-refractivity contribution < 1.29 is 9.53 Å². The lowest BCUT2D eigenvalue weighted by atomic mass is 10.1. The molecule has 0 spiro atoms. The zero-order valence-corrected chi connectivity index (χ0v) is 11.9. The fraction of sp³-hybridized carbons (Fsp3) is 0.562. The van der Waals surface area contributed by atoms with Crippen molar-refractivity contribution in [1.82, 2.24) is 4.90 Å². The Morgan fingerprint density at radius 1 is 1.32 bits per heavy atom. The van der Waals surface area contributed by atoms with Crippen LogP contribution in [-0.4, -0.2) is 37.4 Å². The van der Waals surface area contributed by atoms with Crippen molar-refractivity contribution >= 4 is 5.78 Å². The number of Topliss-reactive ketones (excluding diaryl/α,β-unsaturated/α-hetero) is 1. The van der Waals surface area contributed by atoms with E-state index in [0.717, 1.165) is 36.7 Å². The summed E-state index contributed by atoms with van der Waals surface area (Å²) in [5.74, 6) is 1.83. The summed E-state index contributed by atoms with van der Waals surface area (Å²) < 4.78 is 5.11. The molecular formula is C16H23NO2. The molecule has 0 amide bonds. The second-order valence-electron chi connectivity index (χ2n) is 5.33. The minimum atomic E-state index is 0.205. The standard InChI is InChI=1S/C16H23NO2/c1-3-10-17(11-13-4-5-13)12-16(18)14-6-8-15(19-2)9-7-14/h6-9,13H,3-5,10-12H2,1-2H3. The van der Waals surface area contributed by atoms with E-state index in [1.165, 1.54) is 12.8 Å². The van der Waals surface area contributed by atoms with Gasteiger partial charge in [0.2, 0.25) is 0 Å². The van der Waals surface area contributed by atoms with Crippen molar-refractivity contribution in [2.45, 2.75) is 26.2 Å². The van der Waals surface area contributed by atoms with Gasteiger partial charge in [-0.15, -0.1) is 0 Å². The third-order valence-corrected chi connectivity index (χ3v) is 3.53. The molecule has 1 fully saturated rings. The molecule has 1 aromatic rings. The Hall–Kier alpha value is -1.35. The number of nitrogens with zero attached hydrogens (tertiary/aromatic N) is 1. The van der Waals surface area contributed by atoms with Crippen LogP contribution >= 0.6 is 0 Å². The molecule has 1 aliphatic rings. The molecule has 2 rings (SSSR count). The molecule has 0 radical (unpaired) electrons. The largest absolute Gasteiger partial charge is 0.497 e. The lowest BCUT2D eigenvalue weighted by molar-refractivity contribution is 0.0927. The third kappa shape index (κ3) is 4.35. The lowest BCUT2D eigenvalue weighted by Gasteiger charge is -2.20. The number of methoxy groups -OCH3 is 1. The summed E-state index contributed by atoms with van der Waals surface area (Å²) in [5.41, 5.74) is 0.776. The fourth-order valence-electron chi connectivity index (χ4n) is 2.29. The molecular weight excluding hydrogens is 238 g/mol. The van der Waals surface area contributed by atoms with Crippen molar-refractivity contribution in [2.75, 3.05) is 26.7 Å². The van der Waals surface area contributed by atoms with Crippen LogP contribution in [0.2, 0.25) is 0 Å². The second-order valence-corrected chi connectivity index (χ2v) is 5.33. The third-order valence-electron chi connectivity index (χ3n) is 3.53. The summed E-state index contributed by atoms with van der Waals surface area (Å²) in [5, 5.41) is 0. The van der Waals surface area contributed by atoms with Gasteiger partial charge in [0, 0.05) is 12.1 Å². The predicted molar refractivity (Wildman–Crippen MR) is 76.8 cm³/mol. The highest BCUT2D eigenvalue weighted by molar-refractivity contribution is 5.97. The van der Waals surface area contributed by atoms with Gasteiger partial charge in [-0.1, -0.05) is 6.92 Å². The minimum Gasteiger partial charge on any atom is -0.497 e. The molecule has 0 N–H and O–H groups in total. The zero-order valence-electron chi connectivity index (χ0n) is 11.9. The van der Waals surface area contributed by atoms with Gasteiger partial charge in [0.1, 0.15) is 5.75 Å². The van der Waals surface area contributed by atoms with E-state index < -0.39 is 0 Å². The van der Waals surface area contributed by atoms with E-state index >= 15 is 0 Å². The van der Waals surface area contributed by atoms with Crippen molar-refractivity contribution in [3.05, 3.63) is 29.8 Å². The van der Waals surface area contributed by atoms with E-state index in [1.807, 2.05) is 24.3 Å². The van der Waals surface area contributed by atoms with Crippen LogP contribution in [0.3, 0.4) is 0 Å². The van der Waals surface area contributed by atoms with Crippen molar-refractivity contribution in [3.8, 4) is 5.75 Å². The molecule has 0 atom stereocenters. The van der Waals surface area contributed by atoms with Crippen LogP contribution < -0.4 is 4.74 Å². The zero-order chi connectivity index (χ0) is 13.7. The van der Waals surface area contributed by atoms with Gasteiger partial charge in [0.15, 0.2) is 5.78 Å². The van der Waals surface area contributed by atoms with Gasteiger partial charge >= 0.3 is 0 Å². The average Bonchev–Trinajstić information content (AvgIpc) is 3.23. The molecule has 0 aliphatic heterocycles. The van der Waals surface area contributed by atoms with E-state index in [1.54, 1.807) is 7.11 Å². The number of carbonyl (C=O) groups is 1. The normalized spacial score (nSPS) is 14.7. The second kappa shape index (κ2) is 6.71. The first-order chi connectivity index (χ1) is 9.22. The summed E-state index contributed by atoms with van der Waals surface area (Å²) in [6, 6.07) is 7.39. The average molecular weight is 261 g/mol. The number of hydrogen-bond donors (Lipinski definition) is 0. The van der Waals surface area contributed by atoms with E-state index in [4.69, 9.17) is 4.74 Å². The summed E-state index contributed by atoms with van der Waals surface area (Å²) in [6.07, 6.45) is 3.76. The Morgan fingerprint density at radius 2 is 2.00 bits per heavy atom. The van der Waals surface area contributed by atoms with Crippen molar-refractivity contribution in [1.29, 1.82) is 0 Å². The van der Waals surface area contributed by atoms with Gasteiger partial charge in [-0.05, 0) is 56.0 Å². The van der Waals surface area contributed by atoms with Crippen molar-refractivity contribution in [3.63, 3.8) is 0 Å². The summed E-state index contributed by atoms with van der Waals surface area (Å²) in [6.45, 7) is 4.79. The van der Waals surface area contributed by atoms with Crippen LogP contribution in [0, 0.1) is 5.92 Å². The Morgan fingerprint density at radius 3 is 2.53 bits per heavy atom. The SMILES string of the molecule is CCCN(CC(=O)c1ccc(OC)cc1)CC1CC1. The molecule has 0 unspecified atom stereocenters. The van der Waals surface area contributed by atoms with Crippen LogP contribution in [0.1, 0.15) is 36.5 Å². The van der Waals surface area contributed by atoms with Crippen LogP contribution in [0.4, 0.5) is 0 Å². The molecule has 0 aromatic heterocycles. The van der Waals surface area contributed by atoms with Gasteiger partial charge in [0.25, 0.3) is 0 Å². The van der Waals surface area contributed by atoms with E-state index in [2.05, 4.69) is 11.8 Å². The van der Waals surface area contributed by atoms with Crippen LogP contribution in [0.15, 0.2) is 24.3 Å². The molecule has 3 heteroatoms. The summed E-state index contributed by atoms with van der Waals surface area (Å²) >= 11 is 0. The Kier molecular flexibility index (Phi) is 4.97. The fourth-order valence-corrected chi connectivity index (χ4v) is 2.29. The van der Waals surface area contributed by atoms with Gasteiger partial charge in [-0.3, -0.25) is 9.69 Å². The quantitative estimate of drug-likeness (QED) is 0.674. The number of carbonyl (C=O) groups excluding carboxylic acids is 1. The van der Waals surface area contributed by atoms with Gasteiger partial charge in [-0.2, -0.15) is 0 Å². The topological polar surface area (TPSA) is 29.5 Å². The van der Waals surface area contributed by atoms with E-state index in [9.17, 15) is 4.79 Å². The molecule has 19 heavy (non-hydrogen) atoms. The molecule has 3 nitrogen and oxygen atoms in total. The number of hydrogen-bond acceptors (Lipinski definition) is 3. The number of ether oxygens (including phenoxy) is 1. The Labute approximate surface area is 115 Å². The molecule has 0 saturated heterocycles. The van der Waals surface area contributed by atoms with E-state index in [0.29, 0.717) is 6.54 Å². The Balaban J connectivity index is 1.92. The predicted octanol–water partition coefficient (Wildman–Crippen LogP) is 3.00. The molecule has 0 heterocycles. The Bertz CT molecular complexity index is 409. The van der Waals surface area contributed by atoms with E-state index in [-0.39, 0.29) is 5.78 Å². The lowest BCUT2D eigenvalue weighted by Crippen LogP contribution is -2.32. The first-order valence-electron chi connectivity index (χ1n) is 7.12. The van der Waals surface area contributed by atoms with Crippen LogP contribution in [0.25, 0.3) is 0 Å². The number of rotatable bonds is 8. The summed E-state index contributed by atoms with van der Waals surface area (Å²) in [7, 11) is 1.63. The maximum Gasteiger partial charge on any atom is 0.176 e. The number of benzene rings is 1.